The number of benzene rings is 2. The van der Waals surface area contributed by atoms with Gasteiger partial charge in [0.2, 0.25) is 5.16 Å². The van der Waals surface area contributed by atoms with Crippen molar-refractivity contribution in [2.24, 2.45) is 16.3 Å². The van der Waals surface area contributed by atoms with Crippen molar-refractivity contribution in [1.29, 1.82) is 5.26 Å². The summed E-state index contributed by atoms with van der Waals surface area (Å²) in [4.78, 5) is 22.2. The van der Waals surface area contributed by atoms with Crippen LogP contribution < -0.4 is 0 Å². The number of hydrogen-bond donors (Lipinski definition) is 1. The molecule has 2 aromatic carbocycles. The molecule has 0 aliphatic heterocycles. The topological polar surface area (TPSA) is 121 Å². The molecule has 0 bridgehead atoms. The number of nitrogens with one attached hydrogen (secondary N) is 1. The van der Waals surface area contributed by atoms with Crippen LogP contribution in [0.2, 0.25) is 0 Å². The zero-order valence-corrected chi connectivity index (χ0v) is 22.9. The van der Waals surface area contributed by atoms with Gasteiger partial charge in [-0.2, -0.15) is 5.26 Å². The third-order valence-electron chi connectivity index (χ3n) is 6.81. The summed E-state index contributed by atoms with van der Waals surface area (Å²) in [5.41, 5.74) is 3.38. The molecule has 2 aromatic heterocycles. The third kappa shape index (κ3) is 5.39. The zero-order chi connectivity index (χ0) is 26.9. The van der Waals surface area contributed by atoms with E-state index >= 15 is 0 Å². The van der Waals surface area contributed by atoms with Crippen molar-refractivity contribution >= 4 is 40.0 Å². The summed E-state index contributed by atoms with van der Waals surface area (Å²) in [6.07, 6.45) is 4.50. The van der Waals surface area contributed by atoms with Crippen LogP contribution in [0, 0.1) is 32.8 Å². The highest BCUT2D eigenvalue weighted by Gasteiger charge is 2.32. The molecule has 0 amide bonds. The lowest BCUT2D eigenvalue weighted by molar-refractivity contribution is -0.387. The van der Waals surface area contributed by atoms with Crippen molar-refractivity contribution < 1.29 is 4.92 Å². The molecule has 1 atom stereocenters. The van der Waals surface area contributed by atoms with Gasteiger partial charge in [-0.1, -0.05) is 57.2 Å². The zero-order valence-electron chi connectivity index (χ0n) is 21.3. The second-order valence-corrected chi connectivity index (χ2v) is 12.4. The Morgan fingerprint density at radius 2 is 2.05 bits per heavy atom. The van der Waals surface area contributed by atoms with Gasteiger partial charge in [0.1, 0.15) is 11.1 Å². The molecule has 8 nitrogen and oxygen atoms in total. The molecular weight excluding hydrogens is 516 g/mol. The summed E-state index contributed by atoms with van der Waals surface area (Å²) < 4.78 is 0. The Hall–Kier alpha value is -3.81. The van der Waals surface area contributed by atoms with Gasteiger partial charge in [0.15, 0.2) is 5.82 Å². The molecule has 0 saturated heterocycles. The Bertz CT molecular complexity index is 1560. The number of aliphatic imine (C=N–C) groups is 1. The molecule has 1 N–H and O–H groups in total. The van der Waals surface area contributed by atoms with Crippen LogP contribution in [0.1, 0.15) is 48.8 Å². The van der Waals surface area contributed by atoms with Gasteiger partial charge >= 0.3 is 0 Å². The number of hydrogen-bond acceptors (Lipinski definition) is 8. The van der Waals surface area contributed by atoms with E-state index in [4.69, 9.17) is 0 Å². The number of aromatic amines is 1. The Kier molecular flexibility index (Phi) is 7.15. The van der Waals surface area contributed by atoms with Crippen molar-refractivity contribution in [2.45, 2.75) is 50.1 Å². The smallest absolute Gasteiger partial charge is 0.258 e. The maximum Gasteiger partial charge on any atom is 0.283 e. The lowest BCUT2D eigenvalue weighted by Gasteiger charge is -2.33. The van der Waals surface area contributed by atoms with Crippen molar-refractivity contribution in [3.63, 3.8) is 0 Å². The van der Waals surface area contributed by atoms with E-state index in [-0.39, 0.29) is 11.1 Å². The first-order valence-electron chi connectivity index (χ1n) is 12.3. The Morgan fingerprint density at radius 1 is 1.26 bits per heavy atom. The van der Waals surface area contributed by atoms with E-state index in [1.165, 1.54) is 10.9 Å². The summed E-state index contributed by atoms with van der Waals surface area (Å²) in [6.45, 7) is 6.79. The molecular formula is C28H26N6O2S2. The van der Waals surface area contributed by atoms with Crippen LogP contribution in [0.3, 0.4) is 0 Å². The average Bonchev–Trinajstić information content (AvgIpc) is 3.51. The van der Waals surface area contributed by atoms with Gasteiger partial charge in [-0.3, -0.25) is 15.2 Å². The van der Waals surface area contributed by atoms with E-state index in [9.17, 15) is 15.4 Å². The number of nitriles is 1. The van der Waals surface area contributed by atoms with Crippen LogP contribution in [0.25, 0.3) is 11.4 Å². The molecule has 2 heterocycles. The molecule has 10 heteroatoms. The number of nitro groups is 1. The second-order valence-electron chi connectivity index (χ2n) is 10.3. The minimum atomic E-state index is -0.415. The van der Waals surface area contributed by atoms with Gasteiger partial charge in [0.05, 0.1) is 15.4 Å². The van der Waals surface area contributed by atoms with Crippen LogP contribution in [0.15, 0.2) is 63.6 Å². The van der Waals surface area contributed by atoms with Crippen molar-refractivity contribution in [1.82, 2.24) is 15.2 Å². The summed E-state index contributed by atoms with van der Waals surface area (Å²) >= 11 is 2.69. The summed E-state index contributed by atoms with van der Waals surface area (Å²) in [7, 11) is 0. The molecule has 1 aliphatic carbocycles. The molecule has 1 aliphatic rings. The number of nitro benzene ring substituents is 1. The highest BCUT2D eigenvalue weighted by Crippen LogP contribution is 2.45. The standard InChI is InChI=1S/C28H26N6O2S2/c1-28(2,3)19-10-11-20-21(15-29)26(37-24(20)14-19)30-16-17-9-12-23(22(13-17)34(35)36)38-27-31-25(32-33-27)18-7-5-4-6-8-18/h4-9,12-13,16,19H,10-11,14H2,1-3H3,(H,31,32,33)/t19-/m0/s1. The predicted octanol–water partition coefficient (Wildman–Crippen LogP) is 7.37. The van der Waals surface area contributed by atoms with Crippen molar-refractivity contribution in [3.8, 4) is 17.5 Å². The number of aromatic nitrogens is 3. The van der Waals surface area contributed by atoms with Gasteiger partial charge < -0.3 is 0 Å². The minimum Gasteiger partial charge on any atom is -0.258 e. The molecule has 0 unspecified atom stereocenters. The highest BCUT2D eigenvalue weighted by molar-refractivity contribution is 7.99. The number of H-pyrrole nitrogens is 1. The molecule has 5 rings (SSSR count). The van der Waals surface area contributed by atoms with Gasteiger partial charge in [-0.25, -0.2) is 9.98 Å². The quantitative estimate of drug-likeness (QED) is 0.154. The van der Waals surface area contributed by atoms with Crippen LogP contribution in [-0.4, -0.2) is 26.3 Å². The average molecular weight is 543 g/mol. The van der Waals surface area contributed by atoms with E-state index in [0.29, 0.717) is 37.9 Å². The fourth-order valence-corrected chi connectivity index (χ4v) is 6.63. The van der Waals surface area contributed by atoms with Gasteiger partial charge in [-0.05, 0) is 59.6 Å². The Labute approximate surface area is 229 Å². The second kappa shape index (κ2) is 10.5. The summed E-state index contributed by atoms with van der Waals surface area (Å²) in [6, 6.07) is 16.8. The first kappa shape index (κ1) is 25.8. The maximum atomic E-state index is 11.9. The fourth-order valence-electron chi connectivity index (χ4n) is 4.61. The van der Waals surface area contributed by atoms with Crippen LogP contribution in [0.5, 0.6) is 0 Å². The van der Waals surface area contributed by atoms with Crippen LogP contribution in [0.4, 0.5) is 10.7 Å². The maximum absolute atomic E-state index is 11.9. The van der Waals surface area contributed by atoms with E-state index < -0.39 is 4.92 Å². The first-order valence-corrected chi connectivity index (χ1v) is 13.9. The van der Waals surface area contributed by atoms with Gasteiger partial charge in [-0.15, -0.1) is 16.4 Å². The fraction of sp³-hybridized carbons (Fsp3) is 0.286. The SMILES string of the molecule is CC(C)(C)[C@H]1CCc2c(sc(N=Cc3ccc(Sc4n[nH]c(-c5ccccc5)n4)c([N+](=O)[O-])c3)c2C#N)C1. The van der Waals surface area contributed by atoms with E-state index in [0.717, 1.165) is 42.2 Å². The van der Waals surface area contributed by atoms with E-state index in [1.54, 1.807) is 29.7 Å². The van der Waals surface area contributed by atoms with Crippen LogP contribution in [-0.2, 0) is 12.8 Å². The van der Waals surface area contributed by atoms with Gasteiger partial charge in [0, 0.05) is 22.7 Å². The normalized spacial score (nSPS) is 15.4. The van der Waals surface area contributed by atoms with E-state index in [2.05, 4.69) is 47.0 Å². The van der Waals surface area contributed by atoms with Crippen molar-refractivity contribution in [3.05, 3.63) is 80.2 Å². The summed E-state index contributed by atoms with van der Waals surface area (Å²) in [5, 5.41) is 29.9. The third-order valence-corrected chi connectivity index (χ3v) is 8.90. The molecule has 38 heavy (non-hydrogen) atoms. The number of rotatable bonds is 6. The number of thiophene rings is 1. The number of fused-ring (bicyclic) bond motifs is 1. The van der Waals surface area contributed by atoms with Crippen LogP contribution >= 0.6 is 23.1 Å². The minimum absolute atomic E-state index is 0.0518. The monoisotopic (exact) mass is 542 g/mol. The Morgan fingerprint density at radius 3 is 2.76 bits per heavy atom. The highest BCUT2D eigenvalue weighted by atomic mass is 32.2. The molecule has 192 valence electrons. The van der Waals surface area contributed by atoms with Gasteiger partial charge in [0.25, 0.3) is 5.69 Å². The van der Waals surface area contributed by atoms with Crippen molar-refractivity contribution in [2.75, 3.05) is 0 Å². The molecule has 0 spiro atoms. The lowest BCUT2D eigenvalue weighted by atomic mass is 9.72. The number of nitrogens with zero attached hydrogens (tertiary/aromatic N) is 5. The molecule has 0 radical (unpaired) electrons. The predicted molar refractivity (Wildman–Crippen MR) is 150 cm³/mol. The lowest BCUT2D eigenvalue weighted by Crippen LogP contribution is -2.26. The first-order chi connectivity index (χ1) is 18.2. The Balaban J connectivity index is 1.38. The molecule has 4 aromatic rings. The summed E-state index contributed by atoms with van der Waals surface area (Å²) in [5.74, 6) is 1.16. The largest absolute Gasteiger partial charge is 0.283 e. The molecule has 0 saturated carbocycles. The van der Waals surface area contributed by atoms with E-state index in [1.807, 2.05) is 30.3 Å². The molecule has 0 fully saturated rings.